The maximum Gasteiger partial charge on any atom is 0.127 e. The van der Waals surface area contributed by atoms with Crippen molar-refractivity contribution in [2.75, 3.05) is 0 Å². The van der Waals surface area contributed by atoms with E-state index in [9.17, 15) is 5.11 Å². The largest absolute Gasteiger partial charge is 0.382 e. The Morgan fingerprint density at radius 3 is 2.78 bits per heavy atom. The minimum absolute atomic E-state index is 0.524. The molecule has 2 aromatic heterocycles. The molecule has 0 aliphatic rings. The highest BCUT2D eigenvalue weighted by Crippen LogP contribution is 2.26. The highest BCUT2D eigenvalue weighted by atomic mass is 16.3. The van der Waals surface area contributed by atoms with Gasteiger partial charge in [-0.25, -0.2) is 0 Å². The number of benzene rings is 1. The van der Waals surface area contributed by atoms with E-state index in [1.165, 1.54) is 4.80 Å². The van der Waals surface area contributed by atoms with E-state index in [0.29, 0.717) is 5.69 Å². The van der Waals surface area contributed by atoms with Crippen molar-refractivity contribution < 1.29 is 5.11 Å². The Labute approximate surface area is 104 Å². The molecule has 18 heavy (non-hydrogen) atoms. The Balaban J connectivity index is 2.14. The Bertz CT molecular complexity index is 687. The van der Waals surface area contributed by atoms with Crippen molar-refractivity contribution >= 4 is 10.8 Å². The lowest BCUT2D eigenvalue weighted by atomic mass is 10.0. The summed E-state index contributed by atoms with van der Waals surface area (Å²) in [6.07, 6.45) is 4.20. The third-order valence-electron chi connectivity index (χ3n) is 2.89. The first-order chi connectivity index (χ1) is 8.75. The van der Waals surface area contributed by atoms with Gasteiger partial charge in [0.05, 0.1) is 6.20 Å². The van der Waals surface area contributed by atoms with Crippen LogP contribution in [0.1, 0.15) is 17.4 Å². The Morgan fingerprint density at radius 1 is 1.17 bits per heavy atom. The van der Waals surface area contributed by atoms with Crippen LogP contribution >= 0.6 is 0 Å². The van der Waals surface area contributed by atoms with Crippen LogP contribution in [0.15, 0.2) is 42.9 Å². The van der Waals surface area contributed by atoms with Crippen LogP contribution < -0.4 is 0 Å². The van der Waals surface area contributed by atoms with Crippen LogP contribution in [0.25, 0.3) is 10.8 Å². The van der Waals surface area contributed by atoms with E-state index in [0.717, 1.165) is 16.3 Å². The fraction of sp³-hybridized carbons (Fsp3) is 0.154. The highest BCUT2D eigenvalue weighted by Gasteiger charge is 2.16. The molecule has 1 N–H and O–H groups in total. The number of hydrogen-bond donors (Lipinski definition) is 1. The molecule has 1 unspecified atom stereocenters. The molecule has 1 aromatic carbocycles. The Morgan fingerprint density at radius 2 is 2.00 bits per heavy atom. The second-order valence-electron chi connectivity index (χ2n) is 4.11. The highest BCUT2D eigenvalue weighted by molar-refractivity contribution is 5.85. The molecule has 90 valence electrons. The first-order valence-electron chi connectivity index (χ1n) is 5.62. The molecular weight excluding hydrogens is 228 g/mol. The zero-order valence-electron chi connectivity index (χ0n) is 9.85. The van der Waals surface area contributed by atoms with Crippen molar-refractivity contribution in [3.05, 3.63) is 54.1 Å². The standard InChI is InChI=1S/C13H12N4O/c1-17-15-8-12(16-17)13(18)11-7-14-6-9-4-2-3-5-10(9)11/h2-8,13,18H,1H3. The second kappa shape index (κ2) is 4.19. The van der Waals surface area contributed by atoms with Crippen LogP contribution in [0.3, 0.4) is 0 Å². The average Bonchev–Trinajstić information content (AvgIpc) is 2.84. The van der Waals surface area contributed by atoms with Gasteiger partial charge < -0.3 is 5.11 Å². The molecule has 0 fully saturated rings. The minimum atomic E-state index is -0.808. The van der Waals surface area contributed by atoms with E-state index in [2.05, 4.69) is 15.2 Å². The van der Waals surface area contributed by atoms with E-state index in [1.54, 1.807) is 25.6 Å². The predicted octanol–water partition coefficient (Wildman–Crippen LogP) is 1.44. The summed E-state index contributed by atoms with van der Waals surface area (Å²) in [6, 6.07) is 7.82. The van der Waals surface area contributed by atoms with E-state index < -0.39 is 6.10 Å². The van der Waals surface area contributed by atoms with E-state index in [4.69, 9.17) is 0 Å². The number of aliphatic hydroxyl groups is 1. The molecule has 0 spiro atoms. The normalized spacial score (nSPS) is 12.8. The lowest BCUT2D eigenvalue weighted by molar-refractivity contribution is 0.215. The van der Waals surface area contributed by atoms with Gasteiger partial charge in [0.1, 0.15) is 11.8 Å². The fourth-order valence-electron chi connectivity index (χ4n) is 2.00. The zero-order valence-corrected chi connectivity index (χ0v) is 9.85. The quantitative estimate of drug-likeness (QED) is 0.736. The number of aryl methyl sites for hydroxylation is 1. The van der Waals surface area contributed by atoms with Crippen molar-refractivity contribution in [3.8, 4) is 0 Å². The Hall–Kier alpha value is -2.27. The van der Waals surface area contributed by atoms with Gasteiger partial charge in [0.2, 0.25) is 0 Å². The van der Waals surface area contributed by atoms with Crippen molar-refractivity contribution in [1.29, 1.82) is 0 Å². The third kappa shape index (κ3) is 1.74. The van der Waals surface area contributed by atoms with Gasteiger partial charge in [-0.1, -0.05) is 24.3 Å². The molecule has 0 bridgehead atoms. The summed E-state index contributed by atoms with van der Waals surface area (Å²) in [5.41, 5.74) is 1.27. The molecule has 3 rings (SSSR count). The summed E-state index contributed by atoms with van der Waals surface area (Å²) in [5, 5.41) is 20.4. The maximum atomic E-state index is 10.3. The van der Waals surface area contributed by atoms with Gasteiger partial charge in [0.15, 0.2) is 0 Å². The SMILES string of the molecule is Cn1ncc(C(O)c2cncc3ccccc23)n1. The molecule has 0 aliphatic carbocycles. The van der Waals surface area contributed by atoms with Crippen LogP contribution in [0.4, 0.5) is 0 Å². The summed E-state index contributed by atoms with van der Waals surface area (Å²) < 4.78 is 0. The molecule has 1 atom stereocenters. The summed E-state index contributed by atoms with van der Waals surface area (Å²) in [6.45, 7) is 0. The van der Waals surface area contributed by atoms with Gasteiger partial charge >= 0.3 is 0 Å². The smallest absolute Gasteiger partial charge is 0.127 e. The molecule has 5 heteroatoms. The zero-order chi connectivity index (χ0) is 12.5. The van der Waals surface area contributed by atoms with Gasteiger partial charge in [-0.05, 0) is 5.39 Å². The topological polar surface area (TPSA) is 63.8 Å². The Kier molecular flexibility index (Phi) is 2.53. The molecule has 0 radical (unpaired) electrons. The summed E-state index contributed by atoms with van der Waals surface area (Å²) in [5.74, 6) is 0. The number of hydrogen-bond acceptors (Lipinski definition) is 4. The third-order valence-corrected chi connectivity index (χ3v) is 2.89. The molecule has 0 aliphatic heterocycles. The summed E-state index contributed by atoms with van der Waals surface area (Å²) in [4.78, 5) is 5.58. The molecule has 0 saturated carbocycles. The molecule has 3 aromatic rings. The monoisotopic (exact) mass is 240 g/mol. The number of nitrogens with zero attached hydrogens (tertiary/aromatic N) is 4. The first-order valence-corrected chi connectivity index (χ1v) is 5.62. The molecular formula is C13H12N4O. The van der Waals surface area contributed by atoms with Gasteiger partial charge in [-0.15, -0.1) is 0 Å². The van der Waals surface area contributed by atoms with E-state index in [1.807, 2.05) is 24.3 Å². The van der Waals surface area contributed by atoms with Crippen LogP contribution in [0.5, 0.6) is 0 Å². The molecule has 2 heterocycles. The number of aromatic nitrogens is 4. The molecule has 0 amide bonds. The number of aliphatic hydroxyl groups excluding tert-OH is 1. The molecule has 0 saturated heterocycles. The molecule has 5 nitrogen and oxygen atoms in total. The maximum absolute atomic E-state index is 10.3. The second-order valence-corrected chi connectivity index (χ2v) is 4.11. The van der Waals surface area contributed by atoms with Crippen molar-refractivity contribution in [1.82, 2.24) is 20.0 Å². The van der Waals surface area contributed by atoms with Crippen LogP contribution in [0, 0.1) is 0 Å². The number of pyridine rings is 1. The fourth-order valence-corrected chi connectivity index (χ4v) is 2.00. The predicted molar refractivity (Wildman–Crippen MR) is 66.8 cm³/mol. The summed E-state index contributed by atoms with van der Waals surface area (Å²) >= 11 is 0. The lowest BCUT2D eigenvalue weighted by Gasteiger charge is -2.10. The van der Waals surface area contributed by atoms with Crippen molar-refractivity contribution in [2.24, 2.45) is 7.05 Å². The van der Waals surface area contributed by atoms with E-state index in [-0.39, 0.29) is 0 Å². The number of fused-ring (bicyclic) bond motifs is 1. The lowest BCUT2D eigenvalue weighted by Crippen LogP contribution is -2.03. The van der Waals surface area contributed by atoms with E-state index >= 15 is 0 Å². The minimum Gasteiger partial charge on any atom is -0.382 e. The average molecular weight is 240 g/mol. The van der Waals surface area contributed by atoms with Crippen molar-refractivity contribution in [2.45, 2.75) is 6.10 Å². The van der Waals surface area contributed by atoms with Crippen LogP contribution in [-0.4, -0.2) is 25.1 Å². The van der Waals surface area contributed by atoms with Gasteiger partial charge in [0.25, 0.3) is 0 Å². The first kappa shape index (κ1) is 10.9. The van der Waals surface area contributed by atoms with Gasteiger partial charge in [0, 0.05) is 30.4 Å². The van der Waals surface area contributed by atoms with Crippen LogP contribution in [-0.2, 0) is 7.05 Å². The van der Waals surface area contributed by atoms with Gasteiger partial charge in [-0.3, -0.25) is 4.98 Å². The van der Waals surface area contributed by atoms with Crippen molar-refractivity contribution in [3.63, 3.8) is 0 Å². The number of rotatable bonds is 2. The van der Waals surface area contributed by atoms with Crippen LogP contribution in [0.2, 0.25) is 0 Å². The summed E-state index contributed by atoms with van der Waals surface area (Å²) in [7, 11) is 1.72. The van der Waals surface area contributed by atoms with Gasteiger partial charge in [-0.2, -0.15) is 15.0 Å².